The Morgan fingerprint density at radius 3 is 2.34 bits per heavy atom. The molecule has 1 unspecified atom stereocenters. The lowest BCUT2D eigenvalue weighted by molar-refractivity contribution is -0.384. The Morgan fingerprint density at radius 1 is 1.16 bits per heavy atom. The third-order valence-corrected chi connectivity index (χ3v) is 6.29. The quantitative estimate of drug-likeness (QED) is 0.409. The van der Waals surface area contributed by atoms with Crippen LogP contribution in [0, 0.1) is 15.9 Å². The number of rotatable bonds is 7. The van der Waals surface area contributed by atoms with Crippen molar-refractivity contribution in [2.45, 2.75) is 37.2 Å². The van der Waals surface area contributed by atoms with Crippen LogP contribution in [0.3, 0.4) is 0 Å². The molecule has 1 heterocycles. The number of aryl methyl sites for hydroxylation is 1. The Balaban J connectivity index is 2.06. The van der Waals surface area contributed by atoms with Crippen LogP contribution in [0.4, 0.5) is 15.8 Å². The number of anilines is 1. The van der Waals surface area contributed by atoms with E-state index in [-0.39, 0.29) is 10.6 Å². The number of benzene rings is 2. The predicted octanol–water partition coefficient (Wildman–Crippen LogP) is 3.75. The standard InChI is InChI=1S/C21H24FN5O4S/c1-21(2,3)25-32(30,31)16-9-10-17(18(13-16)27(28)29)24-19(20-23-11-12-26(20)4)14-5-7-15(22)8-6-14/h5-13,19,24-25H,1-4H3. The number of nitrogens with zero attached hydrogens (tertiary/aromatic N) is 3. The monoisotopic (exact) mass is 461 g/mol. The molecule has 1 atom stereocenters. The molecule has 0 aliphatic rings. The number of imidazole rings is 1. The molecule has 2 aromatic carbocycles. The lowest BCUT2D eigenvalue weighted by atomic mass is 10.1. The van der Waals surface area contributed by atoms with E-state index in [4.69, 9.17) is 0 Å². The highest BCUT2D eigenvalue weighted by Crippen LogP contribution is 2.33. The van der Waals surface area contributed by atoms with Crippen molar-refractivity contribution in [3.8, 4) is 0 Å². The highest BCUT2D eigenvalue weighted by Gasteiger charge is 2.27. The molecule has 32 heavy (non-hydrogen) atoms. The van der Waals surface area contributed by atoms with Gasteiger partial charge in [-0.05, 0) is 50.6 Å². The smallest absolute Gasteiger partial charge is 0.293 e. The Labute approximate surface area is 185 Å². The van der Waals surface area contributed by atoms with Crippen molar-refractivity contribution < 1.29 is 17.7 Å². The summed E-state index contributed by atoms with van der Waals surface area (Å²) in [7, 11) is -2.20. The van der Waals surface area contributed by atoms with Gasteiger partial charge in [0.1, 0.15) is 23.4 Å². The van der Waals surface area contributed by atoms with Gasteiger partial charge in [0.15, 0.2) is 0 Å². The molecule has 0 bridgehead atoms. The normalized spacial score (nSPS) is 13.0. The van der Waals surface area contributed by atoms with Gasteiger partial charge in [0, 0.05) is 31.0 Å². The van der Waals surface area contributed by atoms with E-state index in [1.807, 2.05) is 0 Å². The summed E-state index contributed by atoms with van der Waals surface area (Å²) in [4.78, 5) is 15.2. The average Bonchev–Trinajstić information content (AvgIpc) is 3.10. The van der Waals surface area contributed by atoms with Crippen LogP contribution >= 0.6 is 0 Å². The van der Waals surface area contributed by atoms with Crippen LogP contribution in [0.5, 0.6) is 0 Å². The van der Waals surface area contributed by atoms with Crippen molar-refractivity contribution in [2.75, 3.05) is 5.32 Å². The molecule has 0 fully saturated rings. The molecule has 170 valence electrons. The van der Waals surface area contributed by atoms with Crippen molar-refractivity contribution >= 4 is 21.4 Å². The third kappa shape index (κ3) is 5.29. The van der Waals surface area contributed by atoms with Crippen LogP contribution in [0.2, 0.25) is 0 Å². The fraction of sp³-hybridized carbons (Fsp3) is 0.286. The van der Waals surface area contributed by atoms with E-state index < -0.39 is 38.0 Å². The van der Waals surface area contributed by atoms with Gasteiger partial charge >= 0.3 is 0 Å². The fourth-order valence-corrected chi connectivity index (χ4v) is 4.61. The number of nitrogens with one attached hydrogen (secondary N) is 2. The molecule has 9 nitrogen and oxygen atoms in total. The van der Waals surface area contributed by atoms with Gasteiger partial charge in [0.25, 0.3) is 5.69 Å². The zero-order valence-electron chi connectivity index (χ0n) is 18.0. The second-order valence-corrected chi connectivity index (χ2v) is 10.00. The van der Waals surface area contributed by atoms with E-state index in [1.165, 1.54) is 24.3 Å². The number of hydrogen-bond acceptors (Lipinski definition) is 6. The maximum absolute atomic E-state index is 13.4. The summed E-state index contributed by atoms with van der Waals surface area (Å²) < 4.78 is 42.9. The zero-order valence-corrected chi connectivity index (χ0v) is 18.9. The summed E-state index contributed by atoms with van der Waals surface area (Å²) in [5.74, 6) is 0.122. The summed E-state index contributed by atoms with van der Waals surface area (Å²) in [5.41, 5.74) is -0.442. The van der Waals surface area contributed by atoms with Crippen LogP contribution in [0.25, 0.3) is 0 Å². The van der Waals surface area contributed by atoms with E-state index in [1.54, 1.807) is 56.9 Å². The first-order chi connectivity index (χ1) is 14.9. The largest absolute Gasteiger partial charge is 0.366 e. The van der Waals surface area contributed by atoms with E-state index in [0.717, 1.165) is 6.07 Å². The predicted molar refractivity (Wildman–Crippen MR) is 118 cm³/mol. The Hall–Kier alpha value is -3.31. The first kappa shape index (κ1) is 23.4. The van der Waals surface area contributed by atoms with E-state index in [9.17, 15) is 22.9 Å². The van der Waals surface area contributed by atoms with Crippen molar-refractivity contribution in [3.63, 3.8) is 0 Å². The van der Waals surface area contributed by atoms with Crippen molar-refractivity contribution in [3.05, 3.63) is 82.2 Å². The summed E-state index contributed by atoms with van der Waals surface area (Å²) in [6.07, 6.45) is 3.30. The maximum atomic E-state index is 13.4. The second kappa shape index (κ2) is 8.67. The Bertz CT molecular complexity index is 1230. The molecule has 0 aliphatic heterocycles. The third-order valence-electron chi connectivity index (χ3n) is 4.54. The van der Waals surface area contributed by atoms with Gasteiger partial charge in [0.05, 0.1) is 9.82 Å². The molecule has 1 aromatic heterocycles. The van der Waals surface area contributed by atoms with Gasteiger partial charge in [0.2, 0.25) is 10.0 Å². The SMILES string of the molecule is Cn1ccnc1C(Nc1ccc(S(=O)(=O)NC(C)(C)C)cc1[N+](=O)[O-])c1ccc(F)cc1. The van der Waals surface area contributed by atoms with Gasteiger partial charge in [-0.1, -0.05) is 12.1 Å². The second-order valence-electron chi connectivity index (χ2n) is 8.32. The molecular weight excluding hydrogens is 437 g/mol. The highest BCUT2D eigenvalue weighted by molar-refractivity contribution is 7.89. The minimum atomic E-state index is -3.97. The fourth-order valence-electron chi connectivity index (χ4n) is 3.18. The molecule has 2 N–H and O–H groups in total. The Morgan fingerprint density at radius 2 is 1.81 bits per heavy atom. The number of nitro benzene ring substituents is 1. The summed E-state index contributed by atoms with van der Waals surface area (Å²) in [6.45, 7) is 5.03. The van der Waals surface area contributed by atoms with Gasteiger partial charge in [-0.3, -0.25) is 10.1 Å². The Kier molecular flexibility index (Phi) is 6.33. The van der Waals surface area contributed by atoms with Crippen LogP contribution in [-0.2, 0) is 17.1 Å². The molecule has 0 saturated carbocycles. The molecule has 0 amide bonds. The molecule has 0 saturated heterocycles. The number of nitro groups is 1. The van der Waals surface area contributed by atoms with E-state index >= 15 is 0 Å². The summed E-state index contributed by atoms with van der Waals surface area (Å²) in [5, 5.41) is 14.9. The molecular formula is C21H24FN5O4S. The first-order valence-corrected chi connectivity index (χ1v) is 11.2. The minimum absolute atomic E-state index is 0.0991. The lowest BCUT2D eigenvalue weighted by Gasteiger charge is -2.22. The number of sulfonamides is 1. The van der Waals surface area contributed by atoms with Gasteiger partial charge in [-0.15, -0.1) is 0 Å². The number of halogens is 1. The molecule has 0 aliphatic carbocycles. The molecule has 3 aromatic rings. The molecule has 0 radical (unpaired) electrons. The summed E-state index contributed by atoms with van der Waals surface area (Å²) >= 11 is 0. The van der Waals surface area contributed by atoms with Crippen molar-refractivity contribution in [1.29, 1.82) is 0 Å². The first-order valence-electron chi connectivity index (χ1n) is 9.69. The van der Waals surface area contributed by atoms with Crippen LogP contribution < -0.4 is 10.0 Å². The number of hydrogen-bond donors (Lipinski definition) is 2. The van der Waals surface area contributed by atoms with Gasteiger partial charge in [-0.25, -0.2) is 22.5 Å². The topological polar surface area (TPSA) is 119 Å². The van der Waals surface area contributed by atoms with E-state index in [2.05, 4.69) is 15.0 Å². The average molecular weight is 462 g/mol. The van der Waals surface area contributed by atoms with Crippen LogP contribution in [0.15, 0.2) is 59.8 Å². The summed E-state index contributed by atoms with van der Waals surface area (Å²) in [6, 6.07) is 8.68. The van der Waals surface area contributed by atoms with Gasteiger partial charge in [-0.2, -0.15) is 0 Å². The van der Waals surface area contributed by atoms with Crippen molar-refractivity contribution in [1.82, 2.24) is 14.3 Å². The lowest BCUT2D eigenvalue weighted by Crippen LogP contribution is -2.40. The molecule has 11 heteroatoms. The van der Waals surface area contributed by atoms with Gasteiger partial charge < -0.3 is 9.88 Å². The number of aromatic nitrogens is 2. The molecule has 0 spiro atoms. The highest BCUT2D eigenvalue weighted by atomic mass is 32.2. The maximum Gasteiger partial charge on any atom is 0.293 e. The molecule has 3 rings (SSSR count). The van der Waals surface area contributed by atoms with E-state index in [0.29, 0.717) is 11.4 Å². The zero-order chi connectivity index (χ0) is 23.7. The van der Waals surface area contributed by atoms with Crippen molar-refractivity contribution in [2.24, 2.45) is 7.05 Å². The minimum Gasteiger partial charge on any atom is -0.366 e. The van der Waals surface area contributed by atoms with Crippen LogP contribution in [-0.4, -0.2) is 28.4 Å². The van der Waals surface area contributed by atoms with Crippen LogP contribution in [0.1, 0.15) is 38.2 Å².